The molecule has 2 aromatic rings. The predicted octanol–water partition coefficient (Wildman–Crippen LogP) is 4.22. The number of fused-ring (bicyclic) bond motifs is 1. The van der Waals surface area contributed by atoms with E-state index in [0.717, 1.165) is 82.0 Å². The van der Waals surface area contributed by atoms with Gasteiger partial charge in [-0.25, -0.2) is 4.98 Å². The van der Waals surface area contributed by atoms with Crippen LogP contribution in [-0.4, -0.2) is 63.7 Å². The predicted molar refractivity (Wildman–Crippen MR) is 140 cm³/mol. The number of nitrogens with one attached hydrogen (secondary N) is 1. The van der Waals surface area contributed by atoms with Crippen LogP contribution in [0.4, 0.5) is 19.0 Å². The fourth-order valence-electron chi connectivity index (χ4n) is 6.21. The molecule has 11 heteroatoms. The van der Waals surface area contributed by atoms with Crippen molar-refractivity contribution < 1.29 is 22.8 Å². The molecule has 0 spiro atoms. The van der Waals surface area contributed by atoms with Crippen LogP contribution in [0, 0.1) is 5.92 Å². The van der Waals surface area contributed by atoms with E-state index in [2.05, 4.69) is 10.3 Å². The van der Waals surface area contributed by atoms with Gasteiger partial charge < -0.3 is 15.1 Å². The second kappa shape index (κ2) is 11.6. The molecule has 0 bridgehead atoms. The highest BCUT2D eigenvalue weighted by Gasteiger charge is 2.33. The number of aryl methyl sites for hydroxylation is 1. The molecule has 2 aromatic heterocycles. The molecule has 2 amide bonds. The molecule has 1 N–H and O–H groups in total. The Morgan fingerprint density at radius 3 is 2.46 bits per heavy atom. The Balaban J connectivity index is 1.18. The minimum atomic E-state index is -4.37. The monoisotopic (exact) mass is 546 g/mol. The molecule has 5 rings (SSSR count). The summed E-state index contributed by atoms with van der Waals surface area (Å²) in [6.07, 6.45) is 5.02. The number of likely N-dealkylation sites (tertiary alicyclic amines) is 1. The Bertz CT molecular complexity index is 1180. The van der Waals surface area contributed by atoms with Crippen LogP contribution >= 0.6 is 0 Å². The maximum atomic E-state index is 13.5. The van der Waals surface area contributed by atoms with Crippen molar-refractivity contribution in [3.63, 3.8) is 0 Å². The third kappa shape index (κ3) is 6.38. The van der Waals surface area contributed by atoms with Crippen molar-refractivity contribution >= 4 is 17.6 Å². The topological polar surface area (TPSA) is 83.4 Å². The quantitative estimate of drug-likeness (QED) is 0.587. The van der Waals surface area contributed by atoms with E-state index in [4.69, 9.17) is 5.10 Å². The number of hydrogen-bond acceptors (Lipinski definition) is 5. The van der Waals surface area contributed by atoms with Gasteiger partial charge in [-0.15, -0.1) is 0 Å². The normalized spacial score (nSPS) is 19.2. The van der Waals surface area contributed by atoms with Gasteiger partial charge in [0.05, 0.1) is 5.56 Å². The molecule has 0 saturated carbocycles. The summed E-state index contributed by atoms with van der Waals surface area (Å²) in [6.45, 7) is 4.85. The number of anilines is 1. The van der Waals surface area contributed by atoms with Crippen LogP contribution in [-0.2, 0) is 30.4 Å². The third-order valence-electron chi connectivity index (χ3n) is 8.41. The Kier molecular flexibility index (Phi) is 8.13. The largest absolute Gasteiger partial charge is 0.416 e. The Morgan fingerprint density at radius 2 is 1.77 bits per heavy atom. The molecule has 212 valence electrons. The van der Waals surface area contributed by atoms with E-state index in [1.807, 2.05) is 14.5 Å². The summed E-state index contributed by atoms with van der Waals surface area (Å²) in [5.74, 6) is 0.789. The fourth-order valence-corrected chi connectivity index (χ4v) is 6.21. The van der Waals surface area contributed by atoms with Crippen molar-refractivity contribution in [2.24, 2.45) is 5.92 Å². The van der Waals surface area contributed by atoms with Gasteiger partial charge in [0.2, 0.25) is 5.91 Å². The number of pyridine rings is 1. The highest BCUT2D eigenvalue weighted by atomic mass is 19.4. The zero-order valence-corrected chi connectivity index (χ0v) is 22.5. The van der Waals surface area contributed by atoms with Crippen molar-refractivity contribution in [3.8, 4) is 0 Å². The zero-order chi connectivity index (χ0) is 27.6. The molecule has 0 atom stereocenters. The lowest BCUT2D eigenvalue weighted by Gasteiger charge is -2.33. The van der Waals surface area contributed by atoms with Crippen molar-refractivity contribution in [2.75, 3.05) is 31.1 Å². The van der Waals surface area contributed by atoms with E-state index in [9.17, 15) is 22.8 Å². The van der Waals surface area contributed by atoms with Crippen LogP contribution in [0.15, 0.2) is 18.3 Å². The number of halogens is 3. The average Bonchev–Trinajstić information content (AvgIpc) is 3.30. The Labute approximate surface area is 226 Å². The third-order valence-corrected chi connectivity index (χ3v) is 8.41. The second-order valence-electron chi connectivity index (χ2n) is 11.1. The SMILES string of the molecule is CC(=O)NC1CCN(C(=O)c2nn(CCC3CCN(c4cc(C(F)(F)F)ccn4)CC3)c3c2CCCC3)CC1. The smallest absolute Gasteiger partial charge is 0.357 e. The van der Waals surface area contributed by atoms with Gasteiger partial charge in [0, 0.05) is 63.1 Å². The standard InChI is InChI=1S/C28H37F3N6O2/c1-19(38)33-22-10-15-36(16-11-22)27(39)26-23-4-2-3-5-24(23)37(34-26)17-9-20-7-13-35(14-8-20)25-18-21(6-12-32-25)28(29,30)31/h6,12,18,20,22H,2-5,7-11,13-17H2,1H3,(H,33,38). The summed E-state index contributed by atoms with van der Waals surface area (Å²) in [4.78, 5) is 32.8. The molecule has 1 aliphatic carbocycles. The molecule has 2 aliphatic heterocycles. The Hall–Kier alpha value is -3.11. The lowest BCUT2D eigenvalue weighted by Crippen LogP contribution is -2.46. The molecule has 0 unspecified atom stereocenters. The number of aromatic nitrogens is 3. The van der Waals surface area contributed by atoms with Gasteiger partial charge in [0.1, 0.15) is 5.82 Å². The van der Waals surface area contributed by atoms with Gasteiger partial charge in [0.25, 0.3) is 5.91 Å². The van der Waals surface area contributed by atoms with Crippen LogP contribution in [0.5, 0.6) is 0 Å². The summed E-state index contributed by atoms with van der Waals surface area (Å²) in [6, 6.07) is 2.26. The van der Waals surface area contributed by atoms with Gasteiger partial charge in [-0.2, -0.15) is 18.3 Å². The van der Waals surface area contributed by atoms with Crippen LogP contribution in [0.1, 0.15) is 79.2 Å². The minimum absolute atomic E-state index is 0.00456. The lowest BCUT2D eigenvalue weighted by atomic mass is 9.93. The lowest BCUT2D eigenvalue weighted by molar-refractivity contribution is -0.137. The van der Waals surface area contributed by atoms with Crippen LogP contribution in [0.2, 0.25) is 0 Å². The molecule has 0 aromatic carbocycles. The first-order valence-corrected chi connectivity index (χ1v) is 14.1. The molecule has 8 nitrogen and oxygen atoms in total. The van der Waals surface area contributed by atoms with Gasteiger partial charge in [-0.1, -0.05) is 0 Å². The molecule has 39 heavy (non-hydrogen) atoms. The number of carbonyl (C=O) groups is 2. The van der Waals surface area contributed by atoms with Crippen molar-refractivity contribution in [1.29, 1.82) is 0 Å². The first-order valence-electron chi connectivity index (χ1n) is 14.1. The number of piperidine rings is 2. The number of nitrogens with zero attached hydrogens (tertiary/aromatic N) is 5. The summed E-state index contributed by atoms with van der Waals surface area (Å²) < 4.78 is 41.4. The molecule has 2 fully saturated rings. The molecular formula is C28H37F3N6O2. The minimum Gasteiger partial charge on any atom is -0.357 e. The van der Waals surface area contributed by atoms with Gasteiger partial charge in [0.15, 0.2) is 5.69 Å². The molecule has 0 radical (unpaired) electrons. The summed E-state index contributed by atoms with van der Waals surface area (Å²) >= 11 is 0. The molecular weight excluding hydrogens is 509 g/mol. The van der Waals surface area contributed by atoms with Crippen molar-refractivity contribution in [2.45, 2.75) is 83.5 Å². The second-order valence-corrected chi connectivity index (χ2v) is 11.1. The van der Waals surface area contributed by atoms with Crippen LogP contribution in [0.3, 0.4) is 0 Å². The molecule has 3 aliphatic rings. The fraction of sp³-hybridized carbons (Fsp3) is 0.643. The van der Waals surface area contributed by atoms with Crippen molar-refractivity contribution in [1.82, 2.24) is 25.0 Å². The number of rotatable bonds is 6. The first-order chi connectivity index (χ1) is 18.7. The average molecular weight is 547 g/mol. The first kappa shape index (κ1) is 27.5. The number of carbonyl (C=O) groups excluding carboxylic acids is 2. The maximum Gasteiger partial charge on any atom is 0.416 e. The Morgan fingerprint density at radius 1 is 1.05 bits per heavy atom. The van der Waals surface area contributed by atoms with E-state index >= 15 is 0 Å². The van der Waals surface area contributed by atoms with Gasteiger partial charge >= 0.3 is 6.18 Å². The summed E-state index contributed by atoms with van der Waals surface area (Å²) in [5, 5.41) is 7.80. The zero-order valence-electron chi connectivity index (χ0n) is 22.5. The van der Waals surface area contributed by atoms with Gasteiger partial charge in [-0.05, 0) is 75.8 Å². The van der Waals surface area contributed by atoms with E-state index < -0.39 is 11.7 Å². The van der Waals surface area contributed by atoms with Gasteiger partial charge in [-0.3, -0.25) is 14.3 Å². The molecule has 2 saturated heterocycles. The van der Waals surface area contributed by atoms with Crippen molar-refractivity contribution in [3.05, 3.63) is 40.8 Å². The van der Waals surface area contributed by atoms with E-state index in [1.54, 1.807) is 0 Å². The van der Waals surface area contributed by atoms with E-state index in [-0.39, 0.29) is 17.9 Å². The number of amides is 2. The van der Waals surface area contributed by atoms with E-state index in [1.165, 1.54) is 18.8 Å². The summed E-state index contributed by atoms with van der Waals surface area (Å²) in [7, 11) is 0. The highest BCUT2D eigenvalue weighted by Crippen LogP contribution is 2.33. The summed E-state index contributed by atoms with van der Waals surface area (Å²) in [5.41, 5.74) is 2.21. The highest BCUT2D eigenvalue weighted by molar-refractivity contribution is 5.94. The number of hydrogen-bond donors (Lipinski definition) is 1. The van der Waals surface area contributed by atoms with Crippen LogP contribution < -0.4 is 10.2 Å². The molecule has 4 heterocycles. The van der Waals surface area contributed by atoms with Crippen LogP contribution in [0.25, 0.3) is 0 Å². The number of alkyl halides is 3. The maximum absolute atomic E-state index is 13.5. The van der Waals surface area contributed by atoms with E-state index in [0.29, 0.717) is 43.6 Å².